The van der Waals surface area contributed by atoms with Gasteiger partial charge in [-0.15, -0.1) is 0 Å². The summed E-state index contributed by atoms with van der Waals surface area (Å²) < 4.78 is 1.85. The third-order valence-corrected chi connectivity index (χ3v) is 5.05. The van der Waals surface area contributed by atoms with E-state index in [-0.39, 0.29) is 11.9 Å². The molecule has 0 aliphatic heterocycles. The van der Waals surface area contributed by atoms with Crippen LogP contribution in [-0.2, 0) is 4.79 Å². The largest absolute Gasteiger partial charge is 0.357 e. The molecule has 2 aromatic rings. The summed E-state index contributed by atoms with van der Waals surface area (Å²) in [5.74, 6) is 1.72. The van der Waals surface area contributed by atoms with Crippen molar-refractivity contribution < 1.29 is 4.79 Å². The third-order valence-electron chi connectivity index (χ3n) is 5.05. The normalized spacial score (nSPS) is 15.2. The lowest BCUT2D eigenvalue weighted by Gasteiger charge is -2.26. The number of imidazole rings is 1. The van der Waals surface area contributed by atoms with Crippen molar-refractivity contribution in [1.29, 1.82) is 0 Å². The van der Waals surface area contributed by atoms with Gasteiger partial charge >= 0.3 is 0 Å². The fourth-order valence-electron chi connectivity index (χ4n) is 3.19. The molecule has 1 aliphatic rings. The number of carbonyl (C=O) groups is 1. The number of aromatic nitrogens is 4. The molecule has 0 radical (unpaired) electrons. The van der Waals surface area contributed by atoms with Crippen LogP contribution in [0.5, 0.6) is 0 Å². The number of anilines is 1. The van der Waals surface area contributed by atoms with E-state index in [9.17, 15) is 4.79 Å². The molecule has 26 heavy (non-hydrogen) atoms. The predicted octanol–water partition coefficient (Wildman–Crippen LogP) is 2.49. The Morgan fingerprint density at radius 3 is 2.92 bits per heavy atom. The lowest BCUT2D eigenvalue weighted by molar-refractivity contribution is -0.117. The Kier molecular flexibility index (Phi) is 5.65. The number of nitrogens with zero attached hydrogens (tertiary/aromatic N) is 5. The molecule has 3 rings (SSSR count). The van der Waals surface area contributed by atoms with Crippen LogP contribution in [0.25, 0.3) is 5.82 Å². The summed E-state index contributed by atoms with van der Waals surface area (Å²) >= 11 is 0. The first kappa shape index (κ1) is 18.1. The molecule has 2 heterocycles. The highest BCUT2D eigenvalue weighted by atomic mass is 16.1. The Labute approximate surface area is 154 Å². The van der Waals surface area contributed by atoms with Crippen LogP contribution in [0, 0.1) is 0 Å². The SMILES string of the molecule is CC1=C(C(=O)NCCC(C)N(C)c2cc(-n3ccnc3)ncn2)CCC1. The number of amides is 1. The summed E-state index contributed by atoms with van der Waals surface area (Å²) in [6.45, 7) is 4.84. The van der Waals surface area contributed by atoms with E-state index >= 15 is 0 Å². The van der Waals surface area contributed by atoms with Crippen LogP contribution in [0.1, 0.15) is 39.5 Å². The van der Waals surface area contributed by atoms with Gasteiger partial charge in [0, 0.05) is 43.7 Å². The van der Waals surface area contributed by atoms with Crippen LogP contribution in [0.15, 0.2) is 42.3 Å². The predicted molar refractivity (Wildman–Crippen MR) is 101 cm³/mol. The molecule has 1 N–H and O–H groups in total. The minimum Gasteiger partial charge on any atom is -0.357 e. The maximum atomic E-state index is 12.2. The molecule has 0 bridgehead atoms. The molecule has 1 atom stereocenters. The highest BCUT2D eigenvalue weighted by Gasteiger charge is 2.18. The summed E-state index contributed by atoms with van der Waals surface area (Å²) in [4.78, 5) is 27.1. The molecule has 0 saturated carbocycles. The van der Waals surface area contributed by atoms with Gasteiger partial charge in [-0.2, -0.15) is 0 Å². The van der Waals surface area contributed by atoms with Crippen molar-refractivity contribution in [2.45, 2.75) is 45.6 Å². The topological polar surface area (TPSA) is 75.9 Å². The molecule has 1 aliphatic carbocycles. The average Bonchev–Trinajstić information content (AvgIpc) is 3.32. The fourth-order valence-corrected chi connectivity index (χ4v) is 3.19. The van der Waals surface area contributed by atoms with Crippen LogP contribution in [-0.4, -0.2) is 45.1 Å². The Morgan fingerprint density at radius 2 is 2.23 bits per heavy atom. The number of rotatable bonds is 7. The zero-order chi connectivity index (χ0) is 18.5. The van der Waals surface area contributed by atoms with E-state index in [0.717, 1.165) is 42.9 Å². The summed E-state index contributed by atoms with van der Waals surface area (Å²) in [5, 5.41) is 3.06. The number of hydrogen-bond donors (Lipinski definition) is 1. The van der Waals surface area contributed by atoms with Crippen molar-refractivity contribution >= 4 is 11.7 Å². The van der Waals surface area contributed by atoms with Gasteiger partial charge in [-0.25, -0.2) is 15.0 Å². The molecule has 0 fully saturated rings. The fraction of sp³-hybridized carbons (Fsp3) is 0.474. The minimum absolute atomic E-state index is 0.0966. The Hall–Kier alpha value is -2.70. The van der Waals surface area contributed by atoms with Crippen LogP contribution >= 0.6 is 0 Å². The van der Waals surface area contributed by atoms with Gasteiger partial charge in [-0.3, -0.25) is 9.36 Å². The number of carbonyl (C=O) groups excluding carboxylic acids is 1. The Morgan fingerprint density at radius 1 is 1.38 bits per heavy atom. The van der Waals surface area contributed by atoms with Crippen LogP contribution < -0.4 is 10.2 Å². The summed E-state index contributed by atoms with van der Waals surface area (Å²) in [7, 11) is 2.01. The van der Waals surface area contributed by atoms with Crippen molar-refractivity contribution in [2.24, 2.45) is 0 Å². The van der Waals surface area contributed by atoms with E-state index in [1.807, 2.05) is 23.9 Å². The summed E-state index contributed by atoms with van der Waals surface area (Å²) in [6.07, 6.45) is 10.7. The molecule has 1 unspecified atom stereocenters. The van der Waals surface area contributed by atoms with Crippen LogP contribution in [0.3, 0.4) is 0 Å². The second-order valence-electron chi connectivity index (χ2n) is 6.82. The van der Waals surface area contributed by atoms with Crippen LogP contribution in [0.2, 0.25) is 0 Å². The molecule has 7 nitrogen and oxygen atoms in total. The Balaban J connectivity index is 1.55. The highest BCUT2D eigenvalue weighted by molar-refractivity contribution is 5.94. The van der Waals surface area contributed by atoms with Gasteiger partial charge in [-0.1, -0.05) is 5.57 Å². The van der Waals surface area contributed by atoms with Gasteiger partial charge < -0.3 is 10.2 Å². The van der Waals surface area contributed by atoms with Gasteiger partial charge in [0.25, 0.3) is 0 Å². The molecule has 2 aromatic heterocycles. The summed E-state index contributed by atoms with van der Waals surface area (Å²) in [6, 6.07) is 2.17. The van der Waals surface area contributed by atoms with Gasteiger partial charge in [0.05, 0.1) is 0 Å². The zero-order valence-electron chi connectivity index (χ0n) is 15.6. The van der Waals surface area contributed by atoms with Gasteiger partial charge in [0.2, 0.25) is 5.91 Å². The lowest BCUT2D eigenvalue weighted by atomic mass is 10.1. The second kappa shape index (κ2) is 8.12. The van der Waals surface area contributed by atoms with Gasteiger partial charge in [0.15, 0.2) is 0 Å². The molecule has 0 spiro atoms. The van der Waals surface area contributed by atoms with E-state index < -0.39 is 0 Å². The smallest absolute Gasteiger partial charge is 0.247 e. The number of nitrogens with one attached hydrogen (secondary N) is 1. The second-order valence-corrected chi connectivity index (χ2v) is 6.82. The highest BCUT2D eigenvalue weighted by Crippen LogP contribution is 2.25. The lowest BCUT2D eigenvalue weighted by Crippen LogP contribution is -2.34. The molecule has 0 saturated heterocycles. The van der Waals surface area contributed by atoms with E-state index in [0.29, 0.717) is 6.54 Å². The zero-order valence-corrected chi connectivity index (χ0v) is 15.6. The van der Waals surface area contributed by atoms with E-state index in [1.54, 1.807) is 18.9 Å². The maximum absolute atomic E-state index is 12.2. The first-order valence-electron chi connectivity index (χ1n) is 9.06. The molecule has 138 valence electrons. The van der Waals surface area contributed by atoms with Gasteiger partial charge in [-0.05, 0) is 39.5 Å². The van der Waals surface area contributed by atoms with Crippen molar-refractivity contribution in [2.75, 3.05) is 18.5 Å². The van der Waals surface area contributed by atoms with Crippen molar-refractivity contribution in [3.63, 3.8) is 0 Å². The quantitative estimate of drug-likeness (QED) is 0.827. The van der Waals surface area contributed by atoms with Crippen molar-refractivity contribution in [3.8, 4) is 5.82 Å². The van der Waals surface area contributed by atoms with Gasteiger partial charge in [0.1, 0.15) is 24.3 Å². The monoisotopic (exact) mass is 354 g/mol. The maximum Gasteiger partial charge on any atom is 0.247 e. The van der Waals surface area contributed by atoms with Crippen LogP contribution in [0.4, 0.5) is 5.82 Å². The van der Waals surface area contributed by atoms with E-state index in [1.165, 1.54) is 5.57 Å². The summed E-state index contributed by atoms with van der Waals surface area (Å²) in [5.41, 5.74) is 2.22. The van der Waals surface area contributed by atoms with Crippen molar-refractivity contribution in [1.82, 2.24) is 24.8 Å². The molecular formula is C19H26N6O. The van der Waals surface area contributed by atoms with Crippen molar-refractivity contribution in [3.05, 3.63) is 42.3 Å². The third kappa shape index (κ3) is 4.09. The minimum atomic E-state index is 0.0966. The molecular weight excluding hydrogens is 328 g/mol. The molecule has 7 heteroatoms. The number of hydrogen-bond acceptors (Lipinski definition) is 5. The van der Waals surface area contributed by atoms with E-state index in [2.05, 4.69) is 39.0 Å². The first-order valence-corrected chi connectivity index (χ1v) is 9.06. The standard InChI is InChI=1S/C19H26N6O/c1-14-5-4-6-16(14)19(26)21-8-7-15(2)24(3)17-11-18(23-12-22-17)25-10-9-20-13-25/h9-13,15H,4-8H2,1-3H3,(H,21,26). The molecule has 1 amide bonds. The molecule has 0 aromatic carbocycles. The number of allylic oxidation sites excluding steroid dienone is 1. The average molecular weight is 354 g/mol. The first-order chi connectivity index (χ1) is 12.6. The Bertz CT molecular complexity index is 783. The van der Waals surface area contributed by atoms with E-state index in [4.69, 9.17) is 0 Å².